The summed E-state index contributed by atoms with van der Waals surface area (Å²) in [7, 11) is 0. The molecule has 0 fully saturated rings. The predicted molar refractivity (Wildman–Crippen MR) is 73.7 cm³/mol. The molecule has 0 saturated heterocycles. The first-order chi connectivity index (χ1) is 8.52. The zero-order chi connectivity index (χ0) is 13.5. The van der Waals surface area contributed by atoms with Crippen LogP contribution < -0.4 is 10.6 Å². The molecule has 0 aliphatic carbocycles. The molecule has 0 aliphatic rings. The molecular weight excluding hydrogens is 299 g/mol. The van der Waals surface area contributed by atoms with E-state index in [4.69, 9.17) is 0 Å². The van der Waals surface area contributed by atoms with Crippen molar-refractivity contribution >= 4 is 21.8 Å². The molecule has 0 bridgehead atoms. The van der Waals surface area contributed by atoms with Crippen molar-refractivity contribution in [3.63, 3.8) is 0 Å². The van der Waals surface area contributed by atoms with Crippen molar-refractivity contribution in [3.8, 4) is 0 Å². The van der Waals surface area contributed by atoms with Gasteiger partial charge >= 0.3 is 0 Å². The van der Waals surface area contributed by atoms with Crippen LogP contribution in [0.1, 0.15) is 25.8 Å². The van der Waals surface area contributed by atoms with Gasteiger partial charge < -0.3 is 10.6 Å². The monoisotopic (exact) mass is 316 g/mol. The highest BCUT2D eigenvalue weighted by molar-refractivity contribution is 9.10. The highest BCUT2D eigenvalue weighted by atomic mass is 79.9. The molecule has 100 valence electrons. The maximum Gasteiger partial charge on any atom is 0.221 e. The second kappa shape index (κ2) is 7.48. The van der Waals surface area contributed by atoms with Crippen LogP contribution in [0, 0.1) is 5.82 Å². The molecule has 0 spiro atoms. The molecular formula is C13H18BrFN2O. The molecule has 1 atom stereocenters. The van der Waals surface area contributed by atoms with Crippen molar-refractivity contribution in [2.24, 2.45) is 0 Å². The lowest BCUT2D eigenvalue weighted by atomic mass is 10.2. The third kappa shape index (κ3) is 5.14. The van der Waals surface area contributed by atoms with Gasteiger partial charge in [-0.1, -0.05) is 22.9 Å². The number of carbonyl (C=O) groups excluding carboxylic acids is 1. The molecule has 1 aromatic rings. The summed E-state index contributed by atoms with van der Waals surface area (Å²) in [5.74, 6) is -0.388. The van der Waals surface area contributed by atoms with Gasteiger partial charge in [0.15, 0.2) is 0 Å². The number of hydrogen-bond acceptors (Lipinski definition) is 2. The van der Waals surface area contributed by atoms with E-state index in [9.17, 15) is 9.18 Å². The van der Waals surface area contributed by atoms with Gasteiger partial charge in [-0.05, 0) is 31.7 Å². The molecule has 0 aliphatic heterocycles. The first kappa shape index (κ1) is 15.1. The Morgan fingerprint density at radius 2 is 2.22 bits per heavy atom. The van der Waals surface area contributed by atoms with Crippen LogP contribution in [-0.2, 0) is 11.3 Å². The van der Waals surface area contributed by atoms with Crippen LogP contribution in [0.25, 0.3) is 0 Å². The quantitative estimate of drug-likeness (QED) is 0.847. The van der Waals surface area contributed by atoms with Crippen molar-refractivity contribution < 1.29 is 9.18 Å². The second-order valence-corrected chi connectivity index (χ2v) is 5.09. The molecule has 0 radical (unpaired) electrons. The Morgan fingerprint density at radius 1 is 1.50 bits per heavy atom. The third-order valence-electron chi connectivity index (χ3n) is 2.53. The lowest BCUT2D eigenvalue weighted by molar-refractivity contribution is -0.121. The fourth-order valence-electron chi connectivity index (χ4n) is 1.64. The zero-order valence-electron chi connectivity index (χ0n) is 10.6. The van der Waals surface area contributed by atoms with Crippen LogP contribution in [0.3, 0.4) is 0 Å². The number of carbonyl (C=O) groups is 1. The second-order valence-electron chi connectivity index (χ2n) is 4.18. The van der Waals surface area contributed by atoms with Gasteiger partial charge in [-0.2, -0.15) is 0 Å². The van der Waals surface area contributed by atoms with Crippen molar-refractivity contribution in [3.05, 3.63) is 34.1 Å². The van der Waals surface area contributed by atoms with E-state index in [1.807, 2.05) is 13.8 Å². The van der Waals surface area contributed by atoms with Crippen LogP contribution >= 0.6 is 15.9 Å². The minimum absolute atomic E-state index is 0.0807. The van der Waals surface area contributed by atoms with Gasteiger partial charge in [-0.3, -0.25) is 4.79 Å². The van der Waals surface area contributed by atoms with Gasteiger partial charge in [0.25, 0.3) is 0 Å². The Bertz CT molecular complexity index is 412. The van der Waals surface area contributed by atoms with E-state index in [1.165, 1.54) is 6.07 Å². The largest absolute Gasteiger partial charge is 0.352 e. The van der Waals surface area contributed by atoms with Crippen LogP contribution in [0.4, 0.5) is 4.39 Å². The Labute approximate surface area is 115 Å². The first-order valence-corrected chi connectivity index (χ1v) is 6.76. The summed E-state index contributed by atoms with van der Waals surface area (Å²) in [6, 6.07) is 4.81. The highest BCUT2D eigenvalue weighted by Gasteiger charge is 2.09. The smallest absolute Gasteiger partial charge is 0.221 e. The van der Waals surface area contributed by atoms with Gasteiger partial charge in [-0.15, -0.1) is 0 Å². The van der Waals surface area contributed by atoms with Crippen molar-refractivity contribution in [2.75, 3.05) is 6.54 Å². The molecule has 5 heteroatoms. The predicted octanol–water partition coefficient (Wildman–Crippen LogP) is 2.59. The van der Waals surface area contributed by atoms with E-state index >= 15 is 0 Å². The fourth-order valence-corrected chi connectivity index (χ4v) is 2.05. The third-order valence-corrected chi connectivity index (χ3v) is 3.02. The van der Waals surface area contributed by atoms with E-state index in [-0.39, 0.29) is 24.3 Å². The van der Waals surface area contributed by atoms with Gasteiger partial charge in [-0.25, -0.2) is 4.39 Å². The molecule has 0 aromatic heterocycles. The lowest BCUT2D eigenvalue weighted by Crippen LogP contribution is -2.33. The minimum atomic E-state index is -0.307. The molecule has 3 nitrogen and oxygen atoms in total. The number of hydrogen-bond donors (Lipinski definition) is 2. The summed E-state index contributed by atoms with van der Waals surface area (Å²) in [6.45, 7) is 4.98. The van der Waals surface area contributed by atoms with Gasteiger partial charge in [0.1, 0.15) is 5.82 Å². The zero-order valence-corrected chi connectivity index (χ0v) is 12.2. The topological polar surface area (TPSA) is 41.1 Å². The summed E-state index contributed by atoms with van der Waals surface area (Å²) < 4.78 is 14.2. The summed E-state index contributed by atoms with van der Waals surface area (Å²) in [4.78, 5) is 11.6. The van der Waals surface area contributed by atoms with Crippen molar-refractivity contribution in [1.82, 2.24) is 10.6 Å². The number of benzene rings is 1. The molecule has 1 rings (SSSR count). The van der Waals surface area contributed by atoms with Gasteiger partial charge in [0.05, 0.1) is 0 Å². The maximum absolute atomic E-state index is 13.4. The van der Waals surface area contributed by atoms with E-state index in [2.05, 4.69) is 26.6 Å². The summed E-state index contributed by atoms with van der Waals surface area (Å²) in [6.07, 6.45) is 0.392. The Morgan fingerprint density at radius 3 is 2.89 bits per heavy atom. The Kier molecular flexibility index (Phi) is 6.29. The highest BCUT2D eigenvalue weighted by Crippen LogP contribution is 2.15. The normalized spacial score (nSPS) is 12.2. The molecule has 18 heavy (non-hydrogen) atoms. The Balaban J connectivity index is 2.45. The molecule has 0 saturated carbocycles. The summed E-state index contributed by atoms with van der Waals surface area (Å²) in [5, 5.41) is 5.87. The van der Waals surface area contributed by atoms with E-state index in [1.54, 1.807) is 12.1 Å². The summed E-state index contributed by atoms with van der Waals surface area (Å²) in [5.41, 5.74) is 0.480. The molecule has 0 heterocycles. The molecule has 2 N–H and O–H groups in total. The van der Waals surface area contributed by atoms with E-state index < -0.39 is 0 Å². The van der Waals surface area contributed by atoms with E-state index in [0.717, 1.165) is 11.0 Å². The molecule has 1 amide bonds. The minimum Gasteiger partial charge on any atom is -0.352 e. The number of amides is 1. The maximum atomic E-state index is 13.4. The average molecular weight is 317 g/mol. The van der Waals surface area contributed by atoms with Crippen LogP contribution in [0.5, 0.6) is 0 Å². The van der Waals surface area contributed by atoms with Crippen molar-refractivity contribution in [1.29, 1.82) is 0 Å². The fraction of sp³-hybridized carbons (Fsp3) is 0.462. The van der Waals surface area contributed by atoms with Crippen LogP contribution in [-0.4, -0.2) is 18.5 Å². The lowest BCUT2D eigenvalue weighted by Gasteiger charge is -2.12. The van der Waals surface area contributed by atoms with E-state index in [0.29, 0.717) is 12.0 Å². The number of nitrogens with one attached hydrogen (secondary N) is 2. The SMILES string of the molecule is CCNC(C)CC(=O)NCc1cc(Br)ccc1F. The first-order valence-electron chi connectivity index (χ1n) is 5.97. The van der Waals surface area contributed by atoms with Gasteiger partial charge in [0, 0.05) is 29.0 Å². The van der Waals surface area contributed by atoms with Crippen molar-refractivity contribution in [2.45, 2.75) is 32.9 Å². The Hall–Kier alpha value is -0.940. The standard InChI is InChI=1S/C13H18BrFN2O/c1-3-16-9(2)6-13(18)17-8-10-7-11(14)4-5-12(10)15/h4-5,7,9,16H,3,6,8H2,1-2H3,(H,17,18). The number of halogens is 2. The summed E-state index contributed by atoms with van der Waals surface area (Å²) >= 11 is 3.27. The number of rotatable bonds is 6. The van der Waals surface area contributed by atoms with Crippen LogP contribution in [0.2, 0.25) is 0 Å². The average Bonchev–Trinajstić information content (AvgIpc) is 2.30. The molecule has 1 unspecified atom stereocenters. The van der Waals surface area contributed by atoms with Crippen LogP contribution in [0.15, 0.2) is 22.7 Å². The van der Waals surface area contributed by atoms with Gasteiger partial charge in [0.2, 0.25) is 5.91 Å². The molecule has 1 aromatic carbocycles.